The van der Waals surface area contributed by atoms with E-state index in [0.29, 0.717) is 11.3 Å². The van der Waals surface area contributed by atoms with Crippen molar-refractivity contribution in [2.45, 2.75) is 13.3 Å². The van der Waals surface area contributed by atoms with Crippen LogP contribution in [-0.4, -0.2) is 21.7 Å². The third-order valence-electron chi connectivity index (χ3n) is 2.46. The molecule has 0 saturated carbocycles. The van der Waals surface area contributed by atoms with Crippen molar-refractivity contribution < 1.29 is 9.59 Å². The van der Waals surface area contributed by atoms with Gasteiger partial charge < -0.3 is 10.3 Å². The molecule has 0 bridgehead atoms. The second kappa shape index (κ2) is 5.27. The summed E-state index contributed by atoms with van der Waals surface area (Å²) in [5.74, 6) is -0.181. The molecule has 0 fully saturated rings. The summed E-state index contributed by atoms with van der Waals surface area (Å²) in [5.41, 5.74) is 1.94. The number of hydrogen-bond donors (Lipinski definition) is 2. The number of hydrogen-bond acceptors (Lipinski definition) is 3. The lowest BCUT2D eigenvalue weighted by atomic mass is 10.1. The largest absolute Gasteiger partial charge is 0.348 e. The van der Waals surface area contributed by atoms with E-state index in [2.05, 4.69) is 15.3 Å². The van der Waals surface area contributed by atoms with E-state index in [9.17, 15) is 9.59 Å². The molecule has 2 aromatic rings. The smallest absolute Gasteiger partial charge is 0.230 e. The van der Waals surface area contributed by atoms with E-state index in [0.717, 1.165) is 5.69 Å². The zero-order valence-electron chi connectivity index (χ0n) is 9.93. The molecule has 92 valence electrons. The summed E-state index contributed by atoms with van der Waals surface area (Å²) in [6.45, 7) is 1.49. The molecule has 0 aliphatic rings. The summed E-state index contributed by atoms with van der Waals surface area (Å²) in [7, 11) is 0. The summed E-state index contributed by atoms with van der Waals surface area (Å²) < 4.78 is 0. The van der Waals surface area contributed by atoms with E-state index in [4.69, 9.17) is 0 Å². The lowest BCUT2D eigenvalue weighted by molar-refractivity contribution is -0.115. The van der Waals surface area contributed by atoms with Gasteiger partial charge in [-0.25, -0.2) is 4.98 Å². The number of aromatic amines is 1. The Hall–Kier alpha value is -2.43. The first kappa shape index (κ1) is 12.0. The maximum atomic E-state index is 11.7. The number of benzene rings is 1. The Labute approximate surface area is 104 Å². The highest BCUT2D eigenvalue weighted by Crippen LogP contribution is 2.11. The van der Waals surface area contributed by atoms with Gasteiger partial charge in [0.1, 0.15) is 0 Å². The van der Waals surface area contributed by atoms with Crippen LogP contribution in [0.1, 0.15) is 23.0 Å². The van der Waals surface area contributed by atoms with E-state index in [-0.39, 0.29) is 18.1 Å². The second-order valence-corrected chi connectivity index (χ2v) is 3.94. The third-order valence-corrected chi connectivity index (χ3v) is 2.46. The highest BCUT2D eigenvalue weighted by atomic mass is 16.1. The Morgan fingerprint density at radius 2 is 2.22 bits per heavy atom. The van der Waals surface area contributed by atoms with Gasteiger partial charge in [0.25, 0.3) is 0 Å². The van der Waals surface area contributed by atoms with Gasteiger partial charge in [-0.2, -0.15) is 0 Å². The monoisotopic (exact) mass is 243 g/mol. The molecule has 0 aliphatic heterocycles. The first-order chi connectivity index (χ1) is 8.65. The molecule has 2 N–H and O–H groups in total. The highest BCUT2D eigenvalue weighted by Gasteiger charge is 2.06. The Morgan fingerprint density at radius 3 is 2.89 bits per heavy atom. The number of carbonyl (C=O) groups excluding carboxylic acids is 2. The van der Waals surface area contributed by atoms with Gasteiger partial charge >= 0.3 is 0 Å². The normalized spacial score (nSPS) is 10.1. The van der Waals surface area contributed by atoms with Gasteiger partial charge in [0.2, 0.25) is 5.91 Å². The van der Waals surface area contributed by atoms with Crippen molar-refractivity contribution in [2.75, 3.05) is 5.32 Å². The molecule has 1 aromatic carbocycles. The summed E-state index contributed by atoms with van der Waals surface area (Å²) in [4.78, 5) is 29.6. The van der Waals surface area contributed by atoms with Crippen molar-refractivity contribution in [3.63, 3.8) is 0 Å². The number of nitrogens with one attached hydrogen (secondary N) is 2. The first-order valence-corrected chi connectivity index (χ1v) is 5.53. The number of amides is 1. The van der Waals surface area contributed by atoms with Crippen molar-refractivity contribution in [2.24, 2.45) is 0 Å². The molecule has 18 heavy (non-hydrogen) atoms. The number of ketones is 1. The molecule has 5 heteroatoms. The lowest BCUT2D eigenvalue weighted by Gasteiger charge is -2.05. The number of H-pyrrole nitrogens is 1. The molecule has 5 nitrogen and oxygen atoms in total. The molecule has 2 rings (SSSR count). The van der Waals surface area contributed by atoms with Crippen LogP contribution in [0.15, 0.2) is 36.8 Å². The quantitative estimate of drug-likeness (QED) is 0.804. The number of carbonyl (C=O) groups is 2. The third kappa shape index (κ3) is 3.04. The van der Waals surface area contributed by atoms with Crippen LogP contribution >= 0.6 is 0 Å². The van der Waals surface area contributed by atoms with Crippen molar-refractivity contribution in [3.05, 3.63) is 48.0 Å². The standard InChI is InChI=1S/C13H13N3O2/c1-9(17)10-3-2-4-11(5-10)16-13(18)6-12-7-14-8-15-12/h2-5,7-8H,6H2,1H3,(H,14,15)(H,16,18). The van der Waals surface area contributed by atoms with E-state index in [1.54, 1.807) is 30.5 Å². The fraction of sp³-hybridized carbons (Fsp3) is 0.154. The van der Waals surface area contributed by atoms with E-state index >= 15 is 0 Å². The SMILES string of the molecule is CC(=O)c1cccc(NC(=O)Cc2cnc[nH]2)c1. The second-order valence-electron chi connectivity index (χ2n) is 3.94. The average Bonchev–Trinajstić information content (AvgIpc) is 2.82. The number of imidazole rings is 1. The van der Waals surface area contributed by atoms with Crippen molar-refractivity contribution in [1.29, 1.82) is 0 Å². The summed E-state index contributed by atoms with van der Waals surface area (Å²) >= 11 is 0. The minimum atomic E-state index is -0.153. The molecule has 1 heterocycles. The summed E-state index contributed by atoms with van der Waals surface area (Å²) in [5, 5.41) is 2.74. The lowest BCUT2D eigenvalue weighted by Crippen LogP contribution is -2.14. The number of anilines is 1. The van der Waals surface area contributed by atoms with Gasteiger partial charge in [0.05, 0.1) is 12.7 Å². The Morgan fingerprint density at radius 1 is 1.39 bits per heavy atom. The summed E-state index contributed by atoms with van der Waals surface area (Å²) in [6, 6.07) is 6.86. The van der Waals surface area contributed by atoms with E-state index < -0.39 is 0 Å². The van der Waals surface area contributed by atoms with Crippen LogP contribution in [0.3, 0.4) is 0 Å². The molecule has 0 radical (unpaired) electrons. The van der Waals surface area contributed by atoms with Gasteiger partial charge in [0, 0.05) is 23.1 Å². The number of nitrogens with zero attached hydrogens (tertiary/aromatic N) is 1. The molecule has 0 aliphatic carbocycles. The van der Waals surface area contributed by atoms with Crippen LogP contribution in [0.25, 0.3) is 0 Å². The van der Waals surface area contributed by atoms with Gasteiger partial charge in [-0.1, -0.05) is 12.1 Å². The van der Waals surface area contributed by atoms with Gasteiger partial charge in [-0.3, -0.25) is 9.59 Å². The molecule has 0 unspecified atom stereocenters. The van der Waals surface area contributed by atoms with E-state index in [1.807, 2.05) is 0 Å². The highest BCUT2D eigenvalue weighted by molar-refractivity contribution is 5.97. The van der Waals surface area contributed by atoms with Crippen molar-refractivity contribution in [3.8, 4) is 0 Å². The molecule has 1 aromatic heterocycles. The van der Waals surface area contributed by atoms with Crippen LogP contribution < -0.4 is 5.32 Å². The fourth-order valence-corrected chi connectivity index (χ4v) is 1.58. The number of Topliss-reactive ketones (excluding diaryl/α,β-unsaturated/α-hetero) is 1. The predicted molar refractivity (Wildman–Crippen MR) is 67.4 cm³/mol. The van der Waals surface area contributed by atoms with Gasteiger partial charge in [-0.15, -0.1) is 0 Å². The zero-order chi connectivity index (χ0) is 13.0. The summed E-state index contributed by atoms with van der Waals surface area (Å²) in [6.07, 6.45) is 3.36. The topological polar surface area (TPSA) is 74.8 Å². The van der Waals surface area contributed by atoms with Crippen LogP contribution in [0.5, 0.6) is 0 Å². The number of rotatable bonds is 4. The minimum Gasteiger partial charge on any atom is -0.348 e. The zero-order valence-corrected chi connectivity index (χ0v) is 9.93. The van der Waals surface area contributed by atoms with Crippen LogP contribution in [0, 0.1) is 0 Å². The molecular formula is C13H13N3O2. The fourth-order valence-electron chi connectivity index (χ4n) is 1.58. The molecule has 1 amide bonds. The Kier molecular flexibility index (Phi) is 3.52. The first-order valence-electron chi connectivity index (χ1n) is 5.53. The van der Waals surface area contributed by atoms with E-state index in [1.165, 1.54) is 13.3 Å². The molecule has 0 spiro atoms. The van der Waals surface area contributed by atoms with Crippen LogP contribution in [0.2, 0.25) is 0 Å². The Balaban J connectivity index is 2.03. The number of aromatic nitrogens is 2. The average molecular weight is 243 g/mol. The maximum absolute atomic E-state index is 11.7. The van der Waals surface area contributed by atoms with Crippen molar-refractivity contribution >= 4 is 17.4 Å². The predicted octanol–water partition coefficient (Wildman–Crippen LogP) is 1.79. The van der Waals surface area contributed by atoms with Crippen LogP contribution in [-0.2, 0) is 11.2 Å². The van der Waals surface area contributed by atoms with Gasteiger partial charge in [-0.05, 0) is 19.1 Å². The molecule has 0 saturated heterocycles. The van der Waals surface area contributed by atoms with Crippen molar-refractivity contribution in [1.82, 2.24) is 9.97 Å². The molecular weight excluding hydrogens is 230 g/mol. The molecule has 0 atom stereocenters. The van der Waals surface area contributed by atoms with Crippen LogP contribution in [0.4, 0.5) is 5.69 Å². The van der Waals surface area contributed by atoms with Gasteiger partial charge in [0.15, 0.2) is 5.78 Å². The Bertz CT molecular complexity index is 561. The maximum Gasteiger partial charge on any atom is 0.230 e. The minimum absolute atomic E-state index is 0.0281.